The van der Waals surface area contributed by atoms with E-state index in [0.717, 1.165) is 22.6 Å². The molecule has 3 N–H and O–H groups in total. The minimum absolute atomic E-state index is 0.232. The first-order chi connectivity index (χ1) is 8.78. The Morgan fingerprint density at radius 2 is 1.83 bits per heavy atom. The van der Waals surface area contributed by atoms with E-state index < -0.39 is 0 Å². The lowest BCUT2D eigenvalue weighted by atomic mass is 10.2. The normalized spacial score (nSPS) is 10.9. The van der Waals surface area contributed by atoms with Gasteiger partial charge in [-0.2, -0.15) is 0 Å². The van der Waals surface area contributed by atoms with Gasteiger partial charge in [0, 0.05) is 18.3 Å². The van der Waals surface area contributed by atoms with Crippen LogP contribution >= 0.6 is 0 Å². The maximum Gasteiger partial charge on any atom is 0.168 e. The van der Waals surface area contributed by atoms with Crippen molar-refractivity contribution in [2.45, 2.75) is 6.54 Å². The van der Waals surface area contributed by atoms with Crippen LogP contribution in [-0.4, -0.2) is 19.7 Å². The van der Waals surface area contributed by atoms with E-state index in [1.165, 1.54) is 0 Å². The highest BCUT2D eigenvalue weighted by Gasteiger charge is 2.08. The number of hydrogen-bond donors (Lipinski definition) is 2. The predicted molar refractivity (Wildman–Crippen MR) is 68.0 cm³/mol. The minimum atomic E-state index is 0.232. The van der Waals surface area contributed by atoms with Gasteiger partial charge >= 0.3 is 0 Å². The molecule has 3 rings (SSSR count). The van der Waals surface area contributed by atoms with Gasteiger partial charge in [-0.1, -0.05) is 6.07 Å². The van der Waals surface area contributed by atoms with E-state index in [1.807, 2.05) is 22.7 Å². The van der Waals surface area contributed by atoms with Crippen molar-refractivity contribution in [1.82, 2.24) is 14.6 Å². The molecule has 0 aliphatic rings. The van der Waals surface area contributed by atoms with Crippen LogP contribution in [-0.2, 0) is 6.54 Å². The summed E-state index contributed by atoms with van der Waals surface area (Å²) in [5.74, 6) is 0.968. The Labute approximate surface area is 104 Å². The fourth-order valence-electron chi connectivity index (χ4n) is 1.86. The molecule has 2 aromatic heterocycles. The molecule has 5 nitrogen and oxygen atoms in total. The van der Waals surface area contributed by atoms with Crippen molar-refractivity contribution in [3.63, 3.8) is 0 Å². The molecule has 3 aromatic rings. The van der Waals surface area contributed by atoms with E-state index in [1.54, 1.807) is 24.3 Å². The Balaban J connectivity index is 2.19. The van der Waals surface area contributed by atoms with Gasteiger partial charge in [-0.05, 0) is 35.9 Å². The lowest BCUT2D eigenvalue weighted by molar-refractivity contribution is 0.475. The summed E-state index contributed by atoms with van der Waals surface area (Å²) < 4.78 is 1.90. The Morgan fingerprint density at radius 1 is 1.06 bits per heavy atom. The molecule has 0 unspecified atom stereocenters. The Bertz CT molecular complexity index is 688. The van der Waals surface area contributed by atoms with Gasteiger partial charge in [0.15, 0.2) is 11.5 Å². The number of phenolic OH excluding ortho intramolecular Hbond substituents is 1. The zero-order valence-corrected chi connectivity index (χ0v) is 9.61. The highest BCUT2D eigenvalue weighted by atomic mass is 16.3. The number of hydrogen-bond acceptors (Lipinski definition) is 4. The molecular formula is C13H12N4O. The maximum atomic E-state index is 9.29. The third-order valence-electron chi connectivity index (χ3n) is 2.82. The largest absolute Gasteiger partial charge is 0.508 e. The third-order valence-corrected chi connectivity index (χ3v) is 2.82. The standard InChI is InChI=1S/C13H12N4O/c14-7-9-1-6-12-15-16-13(17(12)8-9)10-2-4-11(18)5-3-10/h1-6,8,18H,7,14H2. The van der Waals surface area contributed by atoms with Crippen LogP contribution in [0.25, 0.3) is 17.0 Å². The smallest absolute Gasteiger partial charge is 0.168 e. The van der Waals surface area contributed by atoms with Crippen molar-refractivity contribution in [2.24, 2.45) is 5.73 Å². The van der Waals surface area contributed by atoms with Gasteiger partial charge in [0.1, 0.15) is 5.75 Å². The molecule has 90 valence electrons. The first-order valence-electron chi connectivity index (χ1n) is 5.61. The molecule has 0 spiro atoms. The van der Waals surface area contributed by atoms with Crippen molar-refractivity contribution in [1.29, 1.82) is 0 Å². The SMILES string of the molecule is NCc1ccc2nnc(-c3ccc(O)cc3)n2c1. The second-order valence-corrected chi connectivity index (χ2v) is 4.04. The van der Waals surface area contributed by atoms with Gasteiger partial charge in [-0.25, -0.2) is 0 Å². The van der Waals surface area contributed by atoms with Crippen molar-refractivity contribution >= 4 is 5.65 Å². The molecule has 0 aliphatic heterocycles. The lowest BCUT2D eigenvalue weighted by Crippen LogP contribution is -1.99. The number of nitrogens with two attached hydrogens (primary N) is 1. The number of rotatable bonds is 2. The third kappa shape index (κ3) is 1.70. The molecule has 0 saturated carbocycles. The first-order valence-corrected chi connectivity index (χ1v) is 5.61. The number of fused-ring (bicyclic) bond motifs is 1. The molecule has 5 heteroatoms. The van der Waals surface area contributed by atoms with Crippen molar-refractivity contribution in [2.75, 3.05) is 0 Å². The van der Waals surface area contributed by atoms with E-state index in [4.69, 9.17) is 5.73 Å². The van der Waals surface area contributed by atoms with Crippen molar-refractivity contribution in [3.8, 4) is 17.1 Å². The summed E-state index contributed by atoms with van der Waals surface area (Å²) >= 11 is 0. The minimum Gasteiger partial charge on any atom is -0.508 e. The van der Waals surface area contributed by atoms with E-state index in [-0.39, 0.29) is 5.75 Å². The zero-order valence-electron chi connectivity index (χ0n) is 9.61. The Hall–Kier alpha value is -2.40. The van der Waals surface area contributed by atoms with Crippen LogP contribution in [0.3, 0.4) is 0 Å². The van der Waals surface area contributed by atoms with E-state index in [0.29, 0.717) is 6.54 Å². The topological polar surface area (TPSA) is 76.4 Å². The molecule has 0 bridgehead atoms. The zero-order chi connectivity index (χ0) is 12.5. The number of pyridine rings is 1. The lowest BCUT2D eigenvalue weighted by Gasteiger charge is -2.02. The van der Waals surface area contributed by atoms with Crippen LogP contribution in [0.1, 0.15) is 5.56 Å². The Kier molecular flexibility index (Phi) is 2.46. The highest BCUT2D eigenvalue weighted by molar-refractivity contribution is 5.60. The van der Waals surface area contributed by atoms with Crippen LogP contribution in [0, 0.1) is 0 Å². The number of benzene rings is 1. The first kappa shape index (κ1) is 10.7. The summed E-state index contributed by atoms with van der Waals surface area (Å²) in [6.07, 6.45) is 1.93. The number of aromatic hydroxyl groups is 1. The van der Waals surface area contributed by atoms with Crippen LogP contribution in [0.2, 0.25) is 0 Å². The van der Waals surface area contributed by atoms with Crippen molar-refractivity contribution in [3.05, 3.63) is 48.2 Å². The molecule has 1 aromatic carbocycles. The average Bonchev–Trinajstić information content (AvgIpc) is 2.82. The second-order valence-electron chi connectivity index (χ2n) is 4.04. The van der Waals surface area contributed by atoms with Crippen LogP contribution < -0.4 is 5.73 Å². The van der Waals surface area contributed by atoms with E-state index in [9.17, 15) is 5.11 Å². The molecule has 0 aliphatic carbocycles. The Morgan fingerprint density at radius 3 is 2.56 bits per heavy atom. The number of nitrogens with zero attached hydrogens (tertiary/aromatic N) is 3. The fraction of sp³-hybridized carbons (Fsp3) is 0.0769. The summed E-state index contributed by atoms with van der Waals surface area (Å²) in [7, 11) is 0. The fourth-order valence-corrected chi connectivity index (χ4v) is 1.86. The summed E-state index contributed by atoms with van der Waals surface area (Å²) in [5, 5.41) is 17.6. The second kappa shape index (κ2) is 4.12. The van der Waals surface area contributed by atoms with Crippen LogP contribution in [0.5, 0.6) is 5.75 Å². The quantitative estimate of drug-likeness (QED) is 0.712. The summed E-state index contributed by atoms with van der Waals surface area (Å²) in [5.41, 5.74) is 8.32. The van der Waals surface area contributed by atoms with Gasteiger partial charge in [0.25, 0.3) is 0 Å². The highest BCUT2D eigenvalue weighted by Crippen LogP contribution is 2.21. The van der Waals surface area contributed by atoms with Crippen molar-refractivity contribution < 1.29 is 5.11 Å². The molecule has 0 amide bonds. The summed E-state index contributed by atoms with van der Waals surface area (Å²) in [6.45, 7) is 0.475. The van der Waals surface area contributed by atoms with Gasteiger partial charge < -0.3 is 10.8 Å². The molecule has 0 atom stereocenters. The van der Waals surface area contributed by atoms with Gasteiger partial charge in [-0.3, -0.25) is 4.40 Å². The van der Waals surface area contributed by atoms with Crippen LogP contribution in [0.15, 0.2) is 42.6 Å². The van der Waals surface area contributed by atoms with Gasteiger partial charge in [0.2, 0.25) is 0 Å². The molecular weight excluding hydrogens is 228 g/mol. The molecule has 0 saturated heterocycles. The summed E-state index contributed by atoms with van der Waals surface area (Å²) in [6, 6.07) is 10.7. The van der Waals surface area contributed by atoms with E-state index in [2.05, 4.69) is 10.2 Å². The number of aromatic nitrogens is 3. The van der Waals surface area contributed by atoms with Gasteiger partial charge in [0.05, 0.1) is 0 Å². The van der Waals surface area contributed by atoms with Gasteiger partial charge in [-0.15, -0.1) is 10.2 Å². The predicted octanol–water partition coefficient (Wildman–Crippen LogP) is 1.56. The molecule has 18 heavy (non-hydrogen) atoms. The van der Waals surface area contributed by atoms with E-state index >= 15 is 0 Å². The maximum absolute atomic E-state index is 9.29. The monoisotopic (exact) mass is 240 g/mol. The van der Waals surface area contributed by atoms with Crippen LogP contribution in [0.4, 0.5) is 0 Å². The summed E-state index contributed by atoms with van der Waals surface area (Å²) in [4.78, 5) is 0. The molecule has 0 radical (unpaired) electrons. The molecule has 2 heterocycles. The number of phenols is 1. The molecule has 0 fully saturated rings. The average molecular weight is 240 g/mol.